The Kier molecular flexibility index (Phi) is 4.33. The van der Waals surface area contributed by atoms with Crippen LogP contribution in [0.5, 0.6) is 0 Å². The van der Waals surface area contributed by atoms with Crippen LogP contribution >= 0.6 is 0 Å². The molecule has 0 heterocycles. The minimum absolute atomic E-state index is 0.799. The van der Waals surface area contributed by atoms with Crippen molar-refractivity contribution in [2.45, 2.75) is 32.1 Å². The van der Waals surface area contributed by atoms with Gasteiger partial charge < -0.3 is 11.5 Å². The van der Waals surface area contributed by atoms with Gasteiger partial charge in [0.1, 0.15) is 0 Å². The molecule has 0 aliphatic heterocycles. The molecule has 2 nitrogen and oxygen atoms in total. The third kappa shape index (κ3) is 2.95. The lowest BCUT2D eigenvalue weighted by Crippen LogP contribution is -2.12. The van der Waals surface area contributed by atoms with E-state index in [0.29, 0.717) is 0 Å². The third-order valence-corrected chi connectivity index (χ3v) is 2.65. The molecule has 1 atom stereocenters. The molecule has 70 valence electrons. The highest BCUT2D eigenvalue weighted by atomic mass is 14.5. The van der Waals surface area contributed by atoms with E-state index in [-0.39, 0.29) is 0 Å². The van der Waals surface area contributed by atoms with E-state index in [4.69, 9.17) is 11.5 Å². The van der Waals surface area contributed by atoms with Crippen molar-refractivity contribution in [3.63, 3.8) is 0 Å². The van der Waals surface area contributed by atoms with Crippen molar-refractivity contribution in [1.29, 1.82) is 0 Å². The Morgan fingerprint density at radius 2 is 2.17 bits per heavy atom. The van der Waals surface area contributed by atoms with E-state index in [1.165, 1.54) is 25.7 Å². The molecule has 0 saturated heterocycles. The van der Waals surface area contributed by atoms with Gasteiger partial charge in [-0.25, -0.2) is 0 Å². The Morgan fingerprint density at radius 3 is 2.67 bits per heavy atom. The van der Waals surface area contributed by atoms with Gasteiger partial charge in [-0.1, -0.05) is 11.6 Å². The zero-order valence-electron chi connectivity index (χ0n) is 7.76. The first-order valence-electron chi connectivity index (χ1n) is 4.95. The van der Waals surface area contributed by atoms with Gasteiger partial charge in [0, 0.05) is 0 Å². The summed E-state index contributed by atoms with van der Waals surface area (Å²) in [5, 5.41) is 0. The topological polar surface area (TPSA) is 52.0 Å². The maximum Gasteiger partial charge on any atom is -0.00399 e. The van der Waals surface area contributed by atoms with Crippen LogP contribution in [-0.4, -0.2) is 13.1 Å². The molecule has 0 aromatic carbocycles. The molecular formula is C10H20N2. The summed E-state index contributed by atoms with van der Waals surface area (Å²) in [5.74, 6) is 0.844. The molecule has 0 bridgehead atoms. The van der Waals surface area contributed by atoms with E-state index in [1.54, 1.807) is 5.57 Å². The molecule has 0 amide bonds. The summed E-state index contributed by atoms with van der Waals surface area (Å²) in [6.07, 6.45) is 8.45. The van der Waals surface area contributed by atoms with Crippen LogP contribution < -0.4 is 11.5 Å². The fraction of sp³-hybridized carbons (Fsp3) is 0.800. The number of nitrogens with two attached hydrogens (primary N) is 2. The molecule has 1 unspecified atom stereocenters. The molecule has 12 heavy (non-hydrogen) atoms. The van der Waals surface area contributed by atoms with E-state index >= 15 is 0 Å². The van der Waals surface area contributed by atoms with Crippen LogP contribution in [0.25, 0.3) is 0 Å². The molecule has 2 heteroatoms. The minimum atomic E-state index is 0.799. The van der Waals surface area contributed by atoms with Gasteiger partial charge in [0.25, 0.3) is 0 Å². The van der Waals surface area contributed by atoms with Crippen molar-refractivity contribution < 1.29 is 0 Å². The van der Waals surface area contributed by atoms with Gasteiger partial charge in [0.15, 0.2) is 0 Å². The van der Waals surface area contributed by atoms with E-state index in [9.17, 15) is 0 Å². The molecule has 1 aliphatic rings. The number of hydrogen-bond donors (Lipinski definition) is 2. The van der Waals surface area contributed by atoms with Crippen LogP contribution in [0.1, 0.15) is 32.1 Å². The zero-order chi connectivity index (χ0) is 8.81. The molecule has 1 rings (SSSR count). The largest absolute Gasteiger partial charge is 0.330 e. The minimum Gasteiger partial charge on any atom is -0.330 e. The molecule has 0 spiro atoms. The Balaban J connectivity index is 2.26. The Hall–Kier alpha value is -0.340. The van der Waals surface area contributed by atoms with Gasteiger partial charge in [-0.05, 0) is 51.1 Å². The predicted octanol–water partition coefficient (Wildman–Crippen LogP) is 1.41. The highest BCUT2D eigenvalue weighted by molar-refractivity contribution is 5.06. The Morgan fingerprint density at radius 1 is 1.33 bits per heavy atom. The first kappa shape index (κ1) is 9.75. The first-order chi connectivity index (χ1) is 5.86. The van der Waals surface area contributed by atoms with E-state index in [0.717, 1.165) is 25.4 Å². The fourth-order valence-electron chi connectivity index (χ4n) is 1.85. The zero-order valence-corrected chi connectivity index (χ0v) is 7.76. The standard InChI is InChI=1S/C10H20N2/c11-7-5-9-1-2-10(4-3-9)6-8-12/h1,10H,2-8,11-12H2. The normalized spacial score (nSPS) is 23.8. The van der Waals surface area contributed by atoms with Crippen LogP contribution in [0.3, 0.4) is 0 Å². The van der Waals surface area contributed by atoms with Crippen molar-refractivity contribution in [3.05, 3.63) is 11.6 Å². The molecule has 1 aliphatic carbocycles. The molecule has 0 aromatic rings. The van der Waals surface area contributed by atoms with Gasteiger partial charge in [-0.15, -0.1) is 0 Å². The predicted molar refractivity (Wildman–Crippen MR) is 52.8 cm³/mol. The maximum absolute atomic E-state index is 5.51. The first-order valence-corrected chi connectivity index (χ1v) is 4.95. The average molecular weight is 168 g/mol. The molecular weight excluding hydrogens is 148 g/mol. The van der Waals surface area contributed by atoms with Crippen molar-refractivity contribution in [2.75, 3.05) is 13.1 Å². The van der Waals surface area contributed by atoms with Gasteiger partial charge in [-0.2, -0.15) is 0 Å². The summed E-state index contributed by atoms with van der Waals surface area (Å²) >= 11 is 0. The second-order valence-corrected chi connectivity index (χ2v) is 3.62. The maximum atomic E-state index is 5.51. The van der Waals surface area contributed by atoms with E-state index in [2.05, 4.69) is 6.08 Å². The highest BCUT2D eigenvalue weighted by Gasteiger charge is 2.12. The smallest absolute Gasteiger partial charge is 0.00399 e. The van der Waals surface area contributed by atoms with Crippen molar-refractivity contribution in [3.8, 4) is 0 Å². The Bertz CT molecular complexity index is 152. The van der Waals surface area contributed by atoms with Crippen LogP contribution in [-0.2, 0) is 0 Å². The second kappa shape index (κ2) is 5.33. The molecule has 4 N–H and O–H groups in total. The van der Waals surface area contributed by atoms with E-state index in [1.807, 2.05) is 0 Å². The second-order valence-electron chi connectivity index (χ2n) is 3.62. The number of hydrogen-bond acceptors (Lipinski definition) is 2. The van der Waals surface area contributed by atoms with Crippen molar-refractivity contribution in [2.24, 2.45) is 17.4 Å². The molecule has 0 fully saturated rings. The molecule has 0 radical (unpaired) electrons. The lowest BCUT2D eigenvalue weighted by atomic mass is 9.86. The summed E-state index contributed by atoms with van der Waals surface area (Å²) in [5.41, 5.74) is 12.6. The van der Waals surface area contributed by atoms with Gasteiger partial charge in [0.2, 0.25) is 0 Å². The lowest BCUT2D eigenvalue weighted by Gasteiger charge is -2.20. The van der Waals surface area contributed by atoms with Crippen molar-refractivity contribution >= 4 is 0 Å². The van der Waals surface area contributed by atoms with Gasteiger partial charge in [0.05, 0.1) is 0 Å². The van der Waals surface area contributed by atoms with Crippen LogP contribution in [0.4, 0.5) is 0 Å². The SMILES string of the molecule is NCCC1=CCC(CCN)CC1. The van der Waals surface area contributed by atoms with E-state index < -0.39 is 0 Å². The summed E-state index contributed by atoms with van der Waals surface area (Å²) in [4.78, 5) is 0. The molecule has 0 aromatic heterocycles. The number of rotatable bonds is 4. The fourth-order valence-corrected chi connectivity index (χ4v) is 1.85. The summed E-state index contributed by atoms with van der Waals surface area (Å²) in [6.45, 7) is 1.64. The van der Waals surface area contributed by atoms with Crippen LogP contribution in [0, 0.1) is 5.92 Å². The number of allylic oxidation sites excluding steroid dienone is 1. The summed E-state index contributed by atoms with van der Waals surface area (Å²) in [6, 6.07) is 0. The van der Waals surface area contributed by atoms with Crippen LogP contribution in [0.15, 0.2) is 11.6 Å². The van der Waals surface area contributed by atoms with Gasteiger partial charge in [-0.3, -0.25) is 0 Å². The van der Waals surface area contributed by atoms with Crippen molar-refractivity contribution in [1.82, 2.24) is 0 Å². The summed E-state index contributed by atoms with van der Waals surface area (Å²) < 4.78 is 0. The third-order valence-electron chi connectivity index (χ3n) is 2.65. The molecule has 0 saturated carbocycles. The van der Waals surface area contributed by atoms with Gasteiger partial charge >= 0.3 is 0 Å². The monoisotopic (exact) mass is 168 g/mol. The average Bonchev–Trinajstić information content (AvgIpc) is 2.09. The quantitative estimate of drug-likeness (QED) is 0.624. The lowest BCUT2D eigenvalue weighted by molar-refractivity contribution is 0.439. The highest BCUT2D eigenvalue weighted by Crippen LogP contribution is 2.26. The summed E-state index contributed by atoms with van der Waals surface area (Å²) in [7, 11) is 0. The Labute approximate surface area is 75.0 Å². The van der Waals surface area contributed by atoms with Crippen LogP contribution in [0.2, 0.25) is 0 Å².